The maximum absolute atomic E-state index is 11.9. The maximum Gasteiger partial charge on any atom is 0.362 e. The molecule has 19 heavy (non-hydrogen) atoms. The fourth-order valence-electron chi connectivity index (χ4n) is 1.50. The molecule has 1 amide bonds. The minimum atomic E-state index is -0.720. The van der Waals surface area contributed by atoms with Gasteiger partial charge in [0.25, 0.3) is 5.91 Å². The molecule has 1 aromatic carbocycles. The number of nitro groups is 1. The number of para-hydroxylation sites is 1. The summed E-state index contributed by atoms with van der Waals surface area (Å²) in [4.78, 5) is 22.1. The lowest BCUT2D eigenvalue weighted by atomic mass is 10.3. The van der Waals surface area contributed by atoms with E-state index in [-0.39, 0.29) is 11.6 Å². The summed E-state index contributed by atoms with van der Waals surface area (Å²) in [5.41, 5.74) is -0.225. The second-order valence-corrected chi connectivity index (χ2v) is 3.53. The highest BCUT2D eigenvalue weighted by Gasteiger charge is 2.30. The monoisotopic (exact) mass is 262 g/mol. The lowest BCUT2D eigenvalue weighted by Crippen LogP contribution is -2.14. The van der Waals surface area contributed by atoms with Crippen LogP contribution < -0.4 is 10.1 Å². The minimum Gasteiger partial charge on any atom is -0.475 e. The van der Waals surface area contributed by atoms with Crippen molar-refractivity contribution >= 4 is 17.3 Å². The first-order valence-electron chi connectivity index (χ1n) is 5.26. The Balaban J connectivity index is 2.29. The van der Waals surface area contributed by atoms with Gasteiger partial charge >= 0.3 is 11.6 Å². The Labute approximate surface area is 107 Å². The molecule has 2 rings (SSSR count). The van der Waals surface area contributed by atoms with Gasteiger partial charge in [-0.1, -0.05) is 18.2 Å². The van der Waals surface area contributed by atoms with Crippen molar-refractivity contribution in [2.45, 2.75) is 0 Å². The SMILES string of the molecule is COc1n[nH]c(C(=O)Nc2ccccc2)c1[N+](=O)[O-]. The summed E-state index contributed by atoms with van der Waals surface area (Å²) in [6.45, 7) is 0. The third kappa shape index (κ3) is 2.51. The highest BCUT2D eigenvalue weighted by atomic mass is 16.6. The first kappa shape index (κ1) is 12.6. The van der Waals surface area contributed by atoms with Crippen LogP contribution in [0.4, 0.5) is 11.4 Å². The van der Waals surface area contributed by atoms with Gasteiger partial charge < -0.3 is 10.1 Å². The Morgan fingerprint density at radius 3 is 2.68 bits per heavy atom. The van der Waals surface area contributed by atoms with E-state index in [1.165, 1.54) is 7.11 Å². The molecule has 0 aliphatic rings. The molecule has 0 aliphatic heterocycles. The summed E-state index contributed by atoms with van der Waals surface area (Å²) in [7, 11) is 1.24. The molecule has 98 valence electrons. The predicted molar refractivity (Wildman–Crippen MR) is 66.2 cm³/mol. The predicted octanol–water partition coefficient (Wildman–Crippen LogP) is 1.58. The highest BCUT2D eigenvalue weighted by molar-refractivity contribution is 6.06. The molecule has 0 unspecified atom stereocenters. The number of H-pyrrole nitrogens is 1. The van der Waals surface area contributed by atoms with E-state index in [0.29, 0.717) is 5.69 Å². The number of hydrogen-bond acceptors (Lipinski definition) is 5. The van der Waals surface area contributed by atoms with E-state index in [4.69, 9.17) is 4.74 Å². The van der Waals surface area contributed by atoms with E-state index in [1.807, 2.05) is 0 Å². The number of aromatic nitrogens is 2. The molecular weight excluding hydrogens is 252 g/mol. The standard InChI is InChI=1S/C11H10N4O4/c1-19-11-9(15(17)18)8(13-14-11)10(16)12-7-5-3-2-4-6-7/h2-6H,1H3,(H,12,16)(H,13,14). The molecule has 8 heteroatoms. The molecule has 1 aromatic heterocycles. The molecule has 0 atom stereocenters. The largest absolute Gasteiger partial charge is 0.475 e. The minimum absolute atomic E-state index is 0.233. The zero-order valence-electron chi connectivity index (χ0n) is 9.91. The number of hydrogen-bond donors (Lipinski definition) is 2. The Morgan fingerprint density at radius 1 is 1.42 bits per heavy atom. The fraction of sp³-hybridized carbons (Fsp3) is 0.0909. The van der Waals surface area contributed by atoms with Gasteiger partial charge in [0.15, 0.2) is 0 Å². The van der Waals surface area contributed by atoms with Crippen LogP contribution in [-0.4, -0.2) is 28.1 Å². The quantitative estimate of drug-likeness (QED) is 0.642. The van der Waals surface area contributed by atoms with Gasteiger partial charge in [0.2, 0.25) is 5.69 Å². The second kappa shape index (κ2) is 5.17. The number of nitrogens with zero attached hydrogens (tertiary/aromatic N) is 2. The first-order valence-corrected chi connectivity index (χ1v) is 5.26. The normalized spacial score (nSPS) is 9.95. The molecule has 0 bridgehead atoms. The summed E-state index contributed by atoms with van der Waals surface area (Å²) in [6.07, 6.45) is 0. The van der Waals surface area contributed by atoms with Crippen LogP contribution in [0.25, 0.3) is 0 Å². The topological polar surface area (TPSA) is 110 Å². The van der Waals surface area contributed by atoms with Gasteiger partial charge in [0.1, 0.15) is 0 Å². The average molecular weight is 262 g/mol. The van der Waals surface area contributed by atoms with Gasteiger partial charge in [-0.2, -0.15) is 0 Å². The molecule has 0 fully saturated rings. The van der Waals surface area contributed by atoms with Crippen molar-refractivity contribution in [2.75, 3.05) is 12.4 Å². The van der Waals surface area contributed by atoms with E-state index < -0.39 is 16.5 Å². The molecule has 0 radical (unpaired) electrons. The van der Waals surface area contributed by atoms with Gasteiger partial charge in [-0.3, -0.25) is 20.0 Å². The molecule has 8 nitrogen and oxygen atoms in total. The number of aromatic amines is 1. The summed E-state index contributed by atoms with van der Waals surface area (Å²) in [5.74, 6) is -0.892. The molecule has 0 saturated carbocycles. The van der Waals surface area contributed by atoms with Crippen molar-refractivity contribution in [2.24, 2.45) is 0 Å². The Kier molecular flexibility index (Phi) is 3.42. The highest BCUT2D eigenvalue weighted by Crippen LogP contribution is 2.28. The Morgan fingerprint density at radius 2 is 2.11 bits per heavy atom. The van der Waals surface area contributed by atoms with Crippen molar-refractivity contribution in [1.29, 1.82) is 0 Å². The van der Waals surface area contributed by atoms with Gasteiger partial charge in [-0.05, 0) is 12.1 Å². The summed E-state index contributed by atoms with van der Waals surface area (Å²) < 4.78 is 4.72. The van der Waals surface area contributed by atoms with Crippen LogP contribution in [0.15, 0.2) is 30.3 Å². The molecule has 1 heterocycles. The smallest absolute Gasteiger partial charge is 0.362 e. The van der Waals surface area contributed by atoms with Crippen LogP contribution in [0.3, 0.4) is 0 Å². The molecule has 2 aromatic rings. The van der Waals surface area contributed by atoms with E-state index >= 15 is 0 Å². The number of carbonyl (C=O) groups is 1. The van der Waals surface area contributed by atoms with E-state index in [1.54, 1.807) is 30.3 Å². The lowest BCUT2D eigenvalue weighted by Gasteiger charge is -2.02. The number of nitrogens with one attached hydrogen (secondary N) is 2. The van der Waals surface area contributed by atoms with Crippen LogP contribution in [0.5, 0.6) is 5.88 Å². The number of methoxy groups -OCH3 is 1. The Hall–Kier alpha value is -2.90. The van der Waals surface area contributed by atoms with Crippen molar-refractivity contribution in [3.05, 3.63) is 46.1 Å². The van der Waals surface area contributed by atoms with E-state index in [0.717, 1.165) is 0 Å². The van der Waals surface area contributed by atoms with E-state index in [2.05, 4.69) is 15.5 Å². The van der Waals surface area contributed by atoms with Crippen LogP contribution in [0.1, 0.15) is 10.5 Å². The number of ether oxygens (including phenoxy) is 1. The van der Waals surface area contributed by atoms with Crippen LogP contribution in [-0.2, 0) is 0 Å². The zero-order valence-corrected chi connectivity index (χ0v) is 9.91. The maximum atomic E-state index is 11.9. The third-order valence-corrected chi connectivity index (χ3v) is 2.34. The summed E-state index contributed by atoms with van der Waals surface area (Å²) >= 11 is 0. The van der Waals surface area contributed by atoms with Crippen molar-refractivity contribution in [3.63, 3.8) is 0 Å². The van der Waals surface area contributed by atoms with Gasteiger partial charge in [0.05, 0.1) is 12.0 Å². The number of carbonyl (C=O) groups excluding carboxylic acids is 1. The molecule has 0 saturated heterocycles. The first-order chi connectivity index (χ1) is 9.13. The third-order valence-electron chi connectivity index (χ3n) is 2.34. The molecular formula is C11H10N4O4. The van der Waals surface area contributed by atoms with E-state index in [9.17, 15) is 14.9 Å². The van der Waals surface area contributed by atoms with Crippen LogP contribution in [0.2, 0.25) is 0 Å². The number of rotatable bonds is 4. The number of anilines is 1. The van der Waals surface area contributed by atoms with Gasteiger partial charge in [0, 0.05) is 5.69 Å². The Bertz CT molecular complexity index is 608. The summed E-state index contributed by atoms with van der Waals surface area (Å²) in [5, 5.41) is 19.3. The van der Waals surface area contributed by atoms with Gasteiger partial charge in [-0.15, -0.1) is 5.10 Å². The van der Waals surface area contributed by atoms with Crippen molar-refractivity contribution < 1.29 is 14.5 Å². The molecule has 0 spiro atoms. The zero-order chi connectivity index (χ0) is 13.8. The lowest BCUT2D eigenvalue weighted by molar-refractivity contribution is -0.386. The average Bonchev–Trinajstić information content (AvgIpc) is 2.83. The fourth-order valence-corrected chi connectivity index (χ4v) is 1.50. The van der Waals surface area contributed by atoms with Crippen molar-refractivity contribution in [1.82, 2.24) is 10.2 Å². The van der Waals surface area contributed by atoms with Gasteiger partial charge in [-0.25, -0.2) is 0 Å². The van der Waals surface area contributed by atoms with Crippen molar-refractivity contribution in [3.8, 4) is 5.88 Å². The summed E-state index contributed by atoms with van der Waals surface area (Å²) in [6, 6.07) is 8.58. The molecule has 0 aliphatic carbocycles. The number of benzene rings is 1. The van der Waals surface area contributed by atoms with Crippen LogP contribution in [0, 0.1) is 10.1 Å². The molecule has 2 N–H and O–H groups in total. The van der Waals surface area contributed by atoms with Crippen LogP contribution >= 0.6 is 0 Å². The second-order valence-electron chi connectivity index (χ2n) is 3.53. The number of amides is 1.